The highest BCUT2D eigenvalue weighted by molar-refractivity contribution is 7.91. The van der Waals surface area contributed by atoms with E-state index in [0.717, 1.165) is 5.56 Å². The van der Waals surface area contributed by atoms with E-state index >= 15 is 0 Å². The van der Waals surface area contributed by atoms with Crippen molar-refractivity contribution in [2.45, 2.75) is 18.4 Å². The van der Waals surface area contributed by atoms with E-state index in [1.165, 1.54) is 7.11 Å². The molecule has 9 heteroatoms. The quantitative estimate of drug-likeness (QED) is 0.684. The highest BCUT2D eigenvalue weighted by atomic mass is 32.2. The van der Waals surface area contributed by atoms with Gasteiger partial charge in [0.2, 0.25) is 0 Å². The van der Waals surface area contributed by atoms with Crippen molar-refractivity contribution < 1.29 is 22.7 Å². The molecule has 0 aliphatic carbocycles. The number of ether oxygens (including phenoxy) is 2. The maximum atomic E-state index is 12.8. The van der Waals surface area contributed by atoms with Gasteiger partial charge in [-0.15, -0.1) is 0 Å². The maximum Gasteiger partial charge on any atom is 0.409 e. The molecule has 0 spiro atoms. The zero-order valence-corrected chi connectivity index (χ0v) is 17.4. The molecular weight excluding hydrogens is 406 g/mol. The van der Waals surface area contributed by atoms with Gasteiger partial charge in [0.05, 0.1) is 23.3 Å². The summed E-state index contributed by atoms with van der Waals surface area (Å²) in [6, 6.07) is 12.2. The highest BCUT2D eigenvalue weighted by Gasteiger charge is 2.27. The molecule has 2 heterocycles. The Morgan fingerprint density at radius 3 is 2.70 bits per heavy atom. The Morgan fingerprint density at radius 2 is 1.97 bits per heavy atom. The molecule has 0 radical (unpaired) electrons. The van der Waals surface area contributed by atoms with Crippen molar-refractivity contribution in [3.63, 3.8) is 0 Å². The highest BCUT2D eigenvalue weighted by Crippen LogP contribution is 2.33. The van der Waals surface area contributed by atoms with Crippen LogP contribution in [0.25, 0.3) is 10.9 Å². The van der Waals surface area contributed by atoms with Crippen molar-refractivity contribution in [1.29, 1.82) is 0 Å². The average molecular weight is 427 g/mol. The largest absolute Gasteiger partial charge is 0.497 e. The molecule has 1 aliphatic rings. The van der Waals surface area contributed by atoms with Crippen LogP contribution in [0.3, 0.4) is 0 Å². The Bertz CT molecular complexity index is 1260. The fourth-order valence-electron chi connectivity index (χ4n) is 3.55. The van der Waals surface area contributed by atoms with E-state index < -0.39 is 15.9 Å². The third kappa shape index (κ3) is 3.76. The lowest BCUT2D eigenvalue weighted by Crippen LogP contribution is -2.26. The summed E-state index contributed by atoms with van der Waals surface area (Å²) in [5.41, 5.74) is 7.50. The van der Waals surface area contributed by atoms with Crippen molar-refractivity contribution >= 4 is 32.7 Å². The number of fused-ring (bicyclic) bond motifs is 2. The summed E-state index contributed by atoms with van der Waals surface area (Å²) in [6.45, 7) is 2.49. The maximum absolute atomic E-state index is 12.8. The minimum absolute atomic E-state index is 0.0766. The van der Waals surface area contributed by atoms with Crippen molar-refractivity contribution in [3.8, 4) is 11.5 Å². The number of anilines is 1. The minimum Gasteiger partial charge on any atom is -0.497 e. The van der Waals surface area contributed by atoms with Gasteiger partial charge in [-0.2, -0.15) is 0 Å². The topological polar surface area (TPSA) is 112 Å². The van der Waals surface area contributed by atoms with Crippen LogP contribution in [0, 0.1) is 6.92 Å². The second-order valence-corrected chi connectivity index (χ2v) is 9.21. The van der Waals surface area contributed by atoms with E-state index in [1.54, 1.807) is 24.3 Å². The number of aryl methyl sites for hydroxylation is 1. The first-order valence-electron chi connectivity index (χ1n) is 9.30. The standard InChI is InChI=1S/C21H21N3O5S/c1-13-3-6-17-16(9-13)18(29-21(22)25)11-20(23-17)24-7-8-30(26,27)19-10-15(28-2)5-4-14(19)12-24/h3-6,9-11H,7-8,12H2,1-2H3,(H2,22,25). The normalized spacial score (nSPS) is 15.3. The number of primary amides is 1. The Labute approximate surface area is 174 Å². The van der Waals surface area contributed by atoms with Crippen LogP contribution < -0.4 is 20.1 Å². The van der Waals surface area contributed by atoms with E-state index in [2.05, 4.69) is 4.98 Å². The van der Waals surface area contributed by atoms with E-state index in [4.69, 9.17) is 15.2 Å². The molecule has 1 aromatic heterocycles. The average Bonchev–Trinajstić information content (AvgIpc) is 2.83. The molecule has 0 unspecified atom stereocenters. The summed E-state index contributed by atoms with van der Waals surface area (Å²) >= 11 is 0. The predicted octanol–water partition coefficient (Wildman–Crippen LogP) is 2.80. The monoisotopic (exact) mass is 427 g/mol. The number of pyridine rings is 1. The first-order chi connectivity index (χ1) is 14.3. The number of methoxy groups -OCH3 is 1. The molecule has 4 rings (SSSR count). The minimum atomic E-state index is -3.48. The molecule has 156 valence electrons. The first kappa shape index (κ1) is 20.0. The third-order valence-electron chi connectivity index (χ3n) is 5.05. The molecule has 0 saturated carbocycles. The Kier molecular flexibility index (Phi) is 4.98. The summed E-state index contributed by atoms with van der Waals surface area (Å²) in [5.74, 6) is 1.20. The molecule has 2 N–H and O–H groups in total. The molecule has 0 fully saturated rings. The van der Waals surface area contributed by atoms with Crippen molar-refractivity contribution in [3.05, 3.63) is 53.6 Å². The van der Waals surface area contributed by atoms with Crippen LogP contribution in [0.15, 0.2) is 47.4 Å². The van der Waals surface area contributed by atoms with Gasteiger partial charge in [-0.05, 0) is 36.8 Å². The number of benzene rings is 2. The molecule has 0 bridgehead atoms. The summed E-state index contributed by atoms with van der Waals surface area (Å²) in [6.07, 6.45) is -0.925. The lowest BCUT2D eigenvalue weighted by molar-refractivity contribution is 0.211. The van der Waals surface area contributed by atoms with Gasteiger partial charge in [0.15, 0.2) is 9.84 Å². The molecule has 8 nitrogen and oxygen atoms in total. The van der Waals surface area contributed by atoms with Gasteiger partial charge in [0.1, 0.15) is 17.3 Å². The molecule has 3 aromatic rings. The molecule has 1 aliphatic heterocycles. The summed E-state index contributed by atoms with van der Waals surface area (Å²) in [5, 5.41) is 0.658. The number of amides is 1. The number of hydrogen-bond donors (Lipinski definition) is 1. The molecule has 2 aromatic carbocycles. The molecule has 1 amide bonds. The van der Waals surface area contributed by atoms with Crippen LogP contribution in [0.1, 0.15) is 11.1 Å². The second-order valence-electron chi connectivity index (χ2n) is 7.13. The summed E-state index contributed by atoms with van der Waals surface area (Å²) in [7, 11) is -1.99. The lowest BCUT2D eigenvalue weighted by Gasteiger charge is -2.22. The second kappa shape index (κ2) is 7.49. The third-order valence-corrected chi connectivity index (χ3v) is 6.82. The summed E-state index contributed by atoms with van der Waals surface area (Å²) < 4.78 is 36.0. The van der Waals surface area contributed by atoms with Gasteiger partial charge in [0.25, 0.3) is 0 Å². The van der Waals surface area contributed by atoms with E-state index in [1.807, 2.05) is 30.0 Å². The van der Waals surface area contributed by atoms with Crippen molar-refractivity contribution in [2.75, 3.05) is 24.3 Å². The van der Waals surface area contributed by atoms with Crippen LogP contribution in [-0.2, 0) is 16.4 Å². The Balaban J connectivity index is 1.82. The number of nitrogens with zero attached hydrogens (tertiary/aromatic N) is 2. The molecule has 30 heavy (non-hydrogen) atoms. The zero-order chi connectivity index (χ0) is 21.5. The SMILES string of the molecule is COc1ccc2c(c1)S(=O)(=O)CCN(c1cc(OC(N)=O)c3cc(C)ccc3n1)C2. The smallest absolute Gasteiger partial charge is 0.409 e. The van der Waals surface area contributed by atoms with Crippen molar-refractivity contribution in [2.24, 2.45) is 5.73 Å². The van der Waals surface area contributed by atoms with E-state index in [9.17, 15) is 13.2 Å². The lowest BCUT2D eigenvalue weighted by atomic mass is 10.1. The molecule has 0 saturated heterocycles. The molecular formula is C21H21N3O5S. The van der Waals surface area contributed by atoms with Crippen LogP contribution >= 0.6 is 0 Å². The fraction of sp³-hybridized carbons (Fsp3) is 0.238. The van der Waals surface area contributed by atoms with E-state index in [-0.39, 0.29) is 22.9 Å². The van der Waals surface area contributed by atoms with Gasteiger partial charge in [-0.25, -0.2) is 18.2 Å². The number of hydrogen-bond acceptors (Lipinski definition) is 7. The first-order valence-corrected chi connectivity index (χ1v) is 11.0. The fourth-order valence-corrected chi connectivity index (χ4v) is 5.06. The van der Waals surface area contributed by atoms with Gasteiger partial charge in [0, 0.05) is 24.5 Å². The Hall–Kier alpha value is -3.33. The van der Waals surface area contributed by atoms with Crippen molar-refractivity contribution in [1.82, 2.24) is 4.98 Å². The van der Waals surface area contributed by atoms with Gasteiger partial charge < -0.3 is 20.1 Å². The predicted molar refractivity (Wildman–Crippen MR) is 113 cm³/mol. The van der Waals surface area contributed by atoms with Crippen LogP contribution in [-0.4, -0.2) is 38.9 Å². The number of nitrogens with two attached hydrogens (primary N) is 1. The molecule has 0 atom stereocenters. The van der Waals surface area contributed by atoms with E-state index in [0.29, 0.717) is 34.6 Å². The Morgan fingerprint density at radius 1 is 1.17 bits per heavy atom. The number of aromatic nitrogens is 1. The zero-order valence-electron chi connectivity index (χ0n) is 16.6. The van der Waals surface area contributed by atoms with Gasteiger partial charge >= 0.3 is 6.09 Å². The van der Waals surface area contributed by atoms with Crippen LogP contribution in [0.4, 0.5) is 10.6 Å². The summed E-state index contributed by atoms with van der Waals surface area (Å²) in [4.78, 5) is 18.2. The van der Waals surface area contributed by atoms with Crippen LogP contribution in [0.2, 0.25) is 0 Å². The van der Waals surface area contributed by atoms with Gasteiger partial charge in [-0.3, -0.25) is 0 Å². The number of carbonyl (C=O) groups is 1. The van der Waals surface area contributed by atoms with Gasteiger partial charge in [-0.1, -0.05) is 17.7 Å². The van der Waals surface area contributed by atoms with Crippen LogP contribution in [0.5, 0.6) is 11.5 Å². The number of rotatable bonds is 3. The number of carbonyl (C=O) groups excluding carboxylic acids is 1. The number of sulfone groups is 1.